The second-order valence-electron chi connectivity index (χ2n) is 4.59. The van der Waals surface area contributed by atoms with Gasteiger partial charge in [0.1, 0.15) is 17.5 Å². The van der Waals surface area contributed by atoms with E-state index in [1.54, 1.807) is 12.1 Å². The van der Waals surface area contributed by atoms with Gasteiger partial charge in [-0.3, -0.25) is 4.79 Å². The Morgan fingerprint density at radius 1 is 1.30 bits per heavy atom. The highest BCUT2D eigenvalue weighted by molar-refractivity contribution is 5.95. The maximum atomic E-state index is 13.4. The number of nitrogens with one attached hydrogen (secondary N) is 1. The number of aromatic nitrogens is 2. The monoisotopic (exact) mass is 273 g/mol. The molecule has 1 aliphatic heterocycles. The van der Waals surface area contributed by atoms with Crippen molar-refractivity contribution in [2.75, 3.05) is 16.8 Å². The first kappa shape index (κ1) is 12.3. The Morgan fingerprint density at radius 3 is 2.85 bits per heavy atom. The molecule has 2 aromatic rings. The number of halogens is 1. The zero-order valence-corrected chi connectivity index (χ0v) is 10.4. The molecule has 1 aromatic carbocycles. The van der Waals surface area contributed by atoms with Gasteiger partial charge in [-0.25, -0.2) is 4.39 Å². The molecule has 3 rings (SSSR count). The number of amides is 1. The lowest BCUT2D eigenvalue weighted by molar-refractivity contribution is -0.116. The lowest BCUT2D eigenvalue weighted by atomic mass is 9.86. The Morgan fingerprint density at radius 2 is 2.10 bits per heavy atom. The predicted molar refractivity (Wildman–Crippen MR) is 72.3 cm³/mol. The first-order valence-corrected chi connectivity index (χ1v) is 6.03. The first-order valence-electron chi connectivity index (χ1n) is 6.03. The van der Waals surface area contributed by atoms with Gasteiger partial charge < -0.3 is 16.8 Å². The fourth-order valence-electron chi connectivity index (χ4n) is 2.42. The molecule has 0 saturated carbocycles. The van der Waals surface area contributed by atoms with Crippen molar-refractivity contribution in [2.24, 2.45) is 0 Å². The lowest BCUT2D eigenvalue weighted by Gasteiger charge is -2.26. The molecule has 1 atom stereocenters. The van der Waals surface area contributed by atoms with Crippen LogP contribution in [0.25, 0.3) is 0 Å². The van der Waals surface area contributed by atoms with Crippen molar-refractivity contribution in [1.82, 2.24) is 9.97 Å². The van der Waals surface area contributed by atoms with Crippen LogP contribution in [0, 0.1) is 5.82 Å². The molecular formula is C13H12FN5O. The molecule has 1 amide bonds. The van der Waals surface area contributed by atoms with E-state index in [-0.39, 0.29) is 35.8 Å². The van der Waals surface area contributed by atoms with Gasteiger partial charge in [0.15, 0.2) is 0 Å². The van der Waals surface area contributed by atoms with E-state index < -0.39 is 0 Å². The van der Waals surface area contributed by atoms with Crippen LogP contribution in [0.1, 0.15) is 23.5 Å². The highest BCUT2D eigenvalue weighted by atomic mass is 19.1. The van der Waals surface area contributed by atoms with E-state index in [4.69, 9.17) is 11.5 Å². The number of hydrogen-bond donors (Lipinski definition) is 3. The van der Waals surface area contributed by atoms with Gasteiger partial charge in [0, 0.05) is 17.9 Å². The minimum atomic E-state index is -0.380. The maximum Gasteiger partial charge on any atom is 0.226 e. The molecule has 0 spiro atoms. The highest BCUT2D eigenvalue weighted by Gasteiger charge is 2.30. The lowest BCUT2D eigenvalue weighted by Crippen LogP contribution is -2.26. The Kier molecular flexibility index (Phi) is 2.74. The predicted octanol–water partition coefficient (Wildman–Crippen LogP) is 1.25. The fourth-order valence-corrected chi connectivity index (χ4v) is 2.42. The standard InChI is InChI=1S/C13H12FN5O/c14-7-3-1-2-6(4-7)8-5-9(20)17-12-10(8)11(15)18-13(16)19-12/h1-4,8H,5H2,(H5,15,16,17,18,19,20)/t8-/m1/s1. The summed E-state index contributed by atoms with van der Waals surface area (Å²) in [4.78, 5) is 19.7. The van der Waals surface area contributed by atoms with E-state index in [2.05, 4.69) is 15.3 Å². The van der Waals surface area contributed by atoms with Crippen LogP contribution in [0.15, 0.2) is 24.3 Å². The molecular weight excluding hydrogens is 261 g/mol. The molecule has 0 bridgehead atoms. The van der Waals surface area contributed by atoms with Crippen molar-refractivity contribution in [1.29, 1.82) is 0 Å². The van der Waals surface area contributed by atoms with Gasteiger partial charge in [-0.2, -0.15) is 9.97 Å². The topological polar surface area (TPSA) is 107 Å². The normalized spacial score (nSPS) is 17.4. The number of nitrogens with two attached hydrogens (primary N) is 2. The van der Waals surface area contributed by atoms with Crippen LogP contribution in [0.4, 0.5) is 22.0 Å². The summed E-state index contributed by atoms with van der Waals surface area (Å²) in [7, 11) is 0. The van der Waals surface area contributed by atoms with Crippen LogP contribution in [0.2, 0.25) is 0 Å². The number of nitrogen functional groups attached to an aromatic ring is 2. The summed E-state index contributed by atoms with van der Waals surface area (Å²) in [6.07, 6.45) is 0.161. The quantitative estimate of drug-likeness (QED) is 0.725. The summed E-state index contributed by atoms with van der Waals surface area (Å²) in [5.74, 6) is -0.493. The largest absolute Gasteiger partial charge is 0.383 e. The van der Waals surface area contributed by atoms with Crippen molar-refractivity contribution < 1.29 is 9.18 Å². The molecule has 0 radical (unpaired) electrons. The van der Waals surface area contributed by atoms with E-state index in [1.807, 2.05) is 0 Å². The molecule has 0 aliphatic carbocycles. The number of benzene rings is 1. The molecule has 102 valence electrons. The molecule has 2 heterocycles. The Balaban J connectivity index is 2.17. The van der Waals surface area contributed by atoms with Gasteiger partial charge >= 0.3 is 0 Å². The van der Waals surface area contributed by atoms with Crippen molar-refractivity contribution in [3.8, 4) is 0 Å². The molecule has 7 heteroatoms. The second kappa shape index (κ2) is 4.44. The Hall–Kier alpha value is -2.70. The summed E-state index contributed by atoms with van der Waals surface area (Å²) >= 11 is 0. The number of rotatable bonds is 1. The average molecular weight is 273 g/mol. The van der Waals surface area contributed by atoms with Crippen LogP contribution >= 0.6 is 0 Å². The Labute approximate surface area is 114 Å². The van der Waals surface area contributed by atoms with Gasteiger partial charge in [-0.05, 0) is 17.7 Å². The summed E-state index contributed by atoms with van der Waals surface area (Å²) in [6.45, 7) is 0. The van der Waals surface area contributed by atoms with E-state index in [0.29, 0.717) is 16.9 Å². The smallest absolute Gasteiger partial charge is 0.226 e. The zero-order chi connectivity index (χ0) is 14.3. The summed E-state index contributed by atoms with van der Waals surface area (Å²) < 4.78 is 13.4. The van der Waals surface area contributed by atoms with Gasteiger partial charge in [-0.15, -0.1) is 0 Å². The third-order valence-electron chi connectivity index (χ3n) is 3.24. The molecule has 0 fully saturated rings. The third-order valence-corrected chi connectivity index (χ3v) is 3.24. The van der Waals surface area contributed by atoms with Crippen molar-refractivity contribution in [2.45, 2.75) is 12.3 Å². The van der Waals surface area contributed by atoms with Gasteiger partial charge in [0.25, 0.3) is 0 Å². The number of carbonyl (C=O) groups is 1. The molecule has 20 heavy (non-hydrogen) atoms. The SMILES string of the molecule is Nc1nc(N)c2c(n1)NC(=O)C[C@@H]2c1cccc(F)c1. The molecule has 0 unspecified atom stereocenters. The van der Waals surface area contributed by atoms with Gasteiger partial charge in [0.2, 0.25) is 11.9 Å². The molecule has 5 N–H and O–H groups in total. The molecule has 6 nitrogen and oxygen atoms in total. The summed E-state index contributed by atoms with van der Waals surface area (Å²) in [5.41, 5.74) is 12.6. The zero-order valence-electron chi connectivity index (χ0n) is 10.4. The van der Waals surface area contributed by atoms with Crippen molar-refractivity contribution in [3.05, 3.63) is 41.2 Å². The van der Waals surface area contributed by atoms with Gasteiger partial charge in [0.05, 0.1) is 0 Å². The average Bonchev–Trinajstić information content (AvgIpc) is 2.36. The minimum absolute atomic E-state index is 0.0126. The maximum absolute atomic E-state index is 13.4. The molecule has 1 aromatic heterocycles. The van der Waals surface area contributed by atoms with Crippen molar-refractivity contribution in [3.63, 3.8) is 0 Å². The van der Waals surface area contributed by atoms with Crippen LogP contribution < -0.4 is 16.8 Å². The fraction of sp³-hybridized carbons (Fsp3) is 0.154. The van der Waals surface area contributed by atoms with E-state index in [9.17, 15) is 9.18 Å². The van der Waals surface area contributed by atoms with Gasteiger partial charge in [-0.1, -0.05) is 12.1 Å². The van der Waals surface area contributed by atoms with Crippen LogP contribution in [0.5, 0.6) is 0 Å². The number of anilines is 3. The Bertz CT molecular complexity index is 703. The first-order chi connectivity index (χ1) is 9.54. The number of carbonyl (C=O) groups excluding carboxylic acids is 1. The van der Waals surface area contributed by atoms with Crippen LogP contribution in [0.3, 0.4) is 0 Å². The third kappa shape index (κ3) is 2.03. The number of fused-ring (bicyclic) bond motifs is 1. The second-order valence-corrected chi connectivity index (χ2v) is 4.59. The van der Waals surface area contributed by atoms with E-state index >= 15 is 0 Å². The van der Waals surface area contributed by atoms with Crippen LogP contribution in [-0.2, 0) is 4.79 Å². The van der Waals surface area contributed by atoms with E-state index in [1.165, 1.54) is 12.1 Å². The van der Waals surface area contributed by atoms with Crippen molar-refractivity contribution >= 4 is 23.5 Å². The summed E-state index contributed by atoms with van der Waals surface area (Å²) in [5, 5.41) is 2.61. The highest BCUT2D eigenvalue weighted by Crippen LogP contribution is 2.39. The minimum Gasteiger partial charge on any atom is -0.383 e. The molecule has 1 aliphatic rings. The summed E-state index contributed by atoms with van der Waals surface area (Å²) in [6, 6.07) is 6.05. The van der Waals surface area contributed by atoms with E-state index in [0.717, 1.165) is 0 Å². The number of nitrogens with zero attached hydrogens (tertiary/aromatic N) is 2. The molecule has 0 saturated heterocycles. The number of hydrogen-bond acceptors (Lipinski definition) is 5. The van der Waals surface area contributed by atoms with Crippen LogP contribution in [-0.4, -0.2) is 15.9 Å².